The Labute approximate surface area is 157 Å². The van der Waals surface area contributed by atoms with E-state index in [1.165, 1.54) is 6.33 Å². The fourth-order valence-electron chi connectivity index (χ4n) is 3.14. The van der Waals surface area contributed by atoms with E-state index in [1.807, 2.05) is 38.1 Å². The number of hydrogen-bond acceptors (Lipinski definition) is 4. The SMILES string of the molecule is CCC(NC(=O)CCc1c(C)nc2ncnn2c1C)c1ccc(Cl)cc1. The molecule has 0 spiro atoms. The molecule has 0 saturated heterocycles. The Bertz CT molecular complexity index is 920. The van der Waals surface area contributed by atoms with E-state index in [9.17, 15) is 4.79 Å². The van der Waals surface area contributed by atoms with E-state index in [4.69, 9.17) is 11.6 Å². The molecule has 1 atom stereocenters. The van der Waals surface area contributed by atoms with Crippen LogP contribution in [-0.2, 0) is 11.2 Å². The molecule has 1 amide bonds. The number of halogens is 1. The first-order valence-electron chi connectivity index (χ1n) is 8.70. The molecule has 26 heavy (non-hydrogen) atoms. The molecule has 1 aromatic carbocycles. The highest BCUT2D eigenvalue weighted by Crippen LogP contribution is 2.20. The summed E-state index contributed by atoms with van der Waals surface area (Å²) in [7, 11) is 0. The molecule has 1 unspecified atom stereocenters. The van der Waals surface area contributed by atoms with Gasteiger partial charge in [0, 0.05) is 22.8 Å². The number of nitrogens with zero attached hydrogens (tertiary/aromatic N) is 4. The quantitative estimate of drug-likeness (QED) is 0.718. The van der Waals surface area contributed by atoms with Gasteiger partial charge in [-0.2, -0.15) is 10.1 Å². The summed E-state index contributed by atoms with van der Waals surface area (Å²) in [5.74, 6) is 0.603. The summed E-state index contributed by atoms with van der Waals surface area (Å²) >= 11 is 5.94. The summed E-state index contributed by atoms with van der Waals surface area (Å²) in [5, 5.41) is 7.99. The molecular weight excluding hydrogens is 350 g/mol. The summed E-state index contributed by atoms with van der Waals surface area (Å²) in [6.07, 6.45) is 3.32. The third kappa shape index (κ3) is 3.85. The Hall–Kier alpha value is -2.47. The Balaban J connectivity index is 1.67. The largest absolute Gasteiger partial charge is 0.349 e. The maximum atomic E-state index is 12.5. The molecule has 0 aliphatic carbocycles. The van der Waals surface area contributed by atoms with Crippen LogP contribution in [0.5, 0.6) is 0 Å². The van der Waals surface area contributed by atoms with Crippen molar-refractivity contribution in [3.8, 4) is 0 Å². The van der Waals surface area contributed by atoms with Crippen LogP contribution in [0.15, 0.2) is 30.6 Å². The number of nitrogens with one attached hydrogen (secondary N) is 1. The number of aromatic nitrogens is 4. The number of rotatable bonds is 6. The number of carbonyl (C=O) groups is 1. The lowest BCUT2D eigenvalue weighted by molar-refractivity contribution is -0.121. The summed E-state index contributed by atoms with van der Waals surface area (Å²) in [6, 6.07) is 7.58. The normalized spacial score (nSPS) is 12.3. The van der Waals surface area contributed by atoms with Gasteiger partial charge in [-0.05, 0) is 49.9 Å². The van der Waals surface area contributed by atoms with Gasteiger partial charge in [-0.3, -0.25) is 4.79 Å². The van der Waals surface area contributed by atoms with Gasteiger partial charge in [0.25, 0.3) is 5.78 Å². The van der Waals surface area contributed by atoms with Crippen molar-refractivity contribution < 1.29 is 4.79 Å². The summed E-state index contributed by atoms with van der Waals surface area (Å²) < 4.78 is 1.71. The Morgan fingerprint density at radius 2 is 2.00 bits per heavy atom. The van der Waals surface area contributed by atoms with Crippen LogP contribution in [-0.4, -0.2) is 25.5 Å². The molecule has 0 saturated carbocycles. The standard InChI is InChI=1S/C19H22ClN5O/c1-4-17(14-5-7-15(20)8-6-14)24-18(26)10-9-16-12(2)23-19-21-11-22-25(19)13(16)3/h5-8,11,17H,4,9-10H2,1-3H3,(H,24,26). The third-order valence-electron chi connectivity index (χ3n) is 4.61. The first-order chi connectivity index (χ1) is 12.5. The Morgan fingerprint density at radius 1 is 1.27 bits per heavy atom. The lowest BCUT2D eigenvalue weighted by Gasteiger charge is -2.18. The number of benzene rings is 1. The lowest BCUT2D eigenvalue weighted by atomic mass is 10.0. The maximum Gasteiger partial charge on any atom is 0.252 e. The molecule has 136 valence electrons. The van der Waals surface area contributed by atoms with Crippen LogP contribution >= 0.6 is 11.6 Å². The van der Waals surface area contributed by atoms with Gasteiger partial charge >= 0.3 is 0 Å². The number of fused-ring (bicyclic) bond motifs is 1. The number of carbonyl (C=O) groups excluding carboxylic acids is 1. The zero-order valence-electron chi connectivity index (χ0n) is 15.2. The lowest BCUT2D eigenvalue weighted by Crippen LogP contribution is -2.28. The molecule has 0 bridgehead atoms. The van der Waals surface area contributed by atoms with Gasteiger partial charge in [-0.1, -0.05) is 30.7 Å². The van der Waals surface area contributed by atoms with Crippen molar-refractivity contribution in [1.82, 2.24) is 24.9 Å². The van der Waals surface area contributed by atoms with Gasteiger partial charge in [-0.25, -0.2) is 9.50 Å². The van der Waals surface area contributed by atoms with Crippen LogP contribution in [0.1, 0.15) is 48.3 Å². The highest BCUT2D eigenvalue weighted by Gasteiger charge is 2.15. The highest BCUT2D eigenvalue weighted by atomic mass is 35.5. The fourth-order valence-corrected chi connectivity index (χ4v) is 3.26. The van der Waals surface area contributed by atoms with E-state index in [2.05, 4.69) is 27.3 Å². The van der Waals surface area contributed by atoms with Crippen molar-refractivity contribution in [2.75, 3.05) is 0 Å². The van der Waals surface area contributed by atoms with Gasteiger partial charge in [-0.15, -0.1) is 0 Å². The molecule has 0 aliphatic rings. The first-order valence-corrected chi connectivity index (χ1v) is 9.08. The van der Waals surface area contributed by atoms with Gasteiger partial charge in [0.1, 0.15) is 6.33 Å². The number of aryl methyl sites for hydroxylation is 2. The van der Waals surface area contributed by atoms with Gasteiger partial charge in [0.05, 0.1) is 6.04 Å². The van der Waals surface area contributed by atoms with Crippen molar-refractivity contribution in [3.63, 3.8) is 0 Å². The van der Waals surface area contributed by atoms with Crippen LogP contribution in [0.3, 0.4) is 0 Å². The second-order valence-electron chi connectivity index (χ2n) is 6.31. The molecule has 2 heterocycles. The fraction of sp³-hybridized carbons (Fsp3) is 0.368. The molecule has 6 nitrogen and oxygen atoms in total. The van der Waals surface area contributed by atoms with Crippen molar-refractivity contribution >= 4 is 23.3 Å². The molecule has 3 aromatic rings. The van der Waals surface area contributed by atoms with Crippen molar-refractivity contribution in [3.05, 3.63) is 58.1 Å². The Morgan fingerprint density at radius 3 is 2.69 bits per heavy atom. The van der Waals surface area contributed by atoms with E-state index in [0.717, 1.165) is 28.9 Å². The topological polar surface area (TPSA) is 72.2 Å². The smallest absolute Gasteiger partial charge is 0.252 e. The monoisotopic (exact) mass is 371 g/mol. The molecule has 2 aromatic heterocycles. The van der Waals surface area contributed by atoms with E-state index < -0.39 is 0 Å². The third-order valence-corrected chi connectivity index (χ3v) is 4.86. The molecule has 0 radical (unpaired) electrons. The maximum absolute atomic E-state index is 12.5. The average molecular weight is 372 g/mol. The summed E-state index contributed by atoms with van der Waals surface area (Å²) in [4.78, 5) is 21.0. The van der Waals surface area contributed by atoms with Gasteiger partial charge < -0.3 is 5.32 Å². The van der Waals surface area contributed by atoms with Crippen LogP contribution in [0.4, 0.5) is 0 Å². The molecule has 0 fully saturated rings. The van der Waals surface area contributed by atoms with Crippen LogP contribution in [0, 0.1) is 13.8 Å². The molecule has 3 rings (SSSR count). The zero-order valence-corrected chi connectivity index (χ0v) is 15.9. The predicted molar refractivity (Wildman–Crippen MR) is 101 cm³/mol. The average Bonchev–Trinajstić information content (AvgIpc) is 3.09. The molecular formula is C19H22ClN5O. The van der Waals surface area contributed by atoms with Gasteiger partial charge in [0.15, 0.2) is 0 Å². The molecule has 7 heteroatoms. The molecule has 1 N–H and O–H groups in total. The summed E-state index contributed by atoms with van der Waals surface area (Å²) in [5.41, 5.74) is 3.96. The number of hydrogen-bond donors (Lipinski definition) is 1. The Kier molecular flexibility index (Phi) is 5.52. The predicted octanol–water partition coefficient (Wildman–Crippen LogP) is 3.59. The minimum absolute atomic E-state index is 0.0159. The van der Waals surface area contributed by atoms with E-state index in [0.29, 0.717) is 23.6 Å². The van der Waals surface area contributed by atoms with Crippen LogP contribution in [0.25, 0.3) is 5.78 Å². The van der Waals surface area contributed by atoms with Crippen molar-refractivity contribution in [1.29, 1.82) is 0 Å². The van der Waals surface area contributed by atoms with Crippen molar-refractivity contribution in [2.45, 2.75) is 46.1 Å². The minimum Gasteiger partial charge on any atom is -0.349 e. The van der Waals surface area contributed by atoms with E-state index in [-0.39, 0.29) is 11.9 Å². The second-order valence-corrected chi connectivity index (χ2v) is 6.75. The van der Waals surface area contributed by atoms with E-state index >= 15 is 0 Å². The first kappa shape index (κ1) is 18.3. The van der Waals surface area contributed by atoms with Gasteiger partial charge in [0.2, 0.25) is 5.91 Å². The molecule has 0 aliphatic heterocycles. The highest BCUT2D eigenvalue weighted by molar-refractivity contribution is 6.30. The van der Waals surface area contributed by atoms with Crippen LogP contribution < -0.4 is 5.32 Å². The zero-order chi connectivity index (χ0) is 18.7. The van der Waals surface area contributed by atoms with Crippen molar-refractivity contribution in [2.24, 2.45) is 0 Å². The van der Waals surface area contributed by atoms with Crippen LogP contribution in [0.2, 0.25) is 5.02 Å². The summed E-state index contributed by atoms with van der Waals surface area (Å²) in [6.45, 7) is 5.97. The number of amides is 1. The second kappa shape index (κ2) is 7.83. The van der Waals surface area contributed by atoms with E-state index in [1.54, 1.807) is 4.52 Å². The minimum atomic E-state index is -0.0159.